The van der Waals surface area contributed by atoms with E-state index in [1.807, 2.05) is 30.3 Å². The Balaban J connectivity index is 1.99. The molecule has 1 aromatic carbocycles. The van der Waals surface area contributed by atoms with E-state index in [4.69, 9.17) is 4.74 Å². The predicted octanol–water partition coefficient (Wildman–Crippen LogP) is 5.15. The van der Waals surface area contributed by atoms with Gasteiger partial charge in [0.1, 0.15) is 18.5 Å². The Kier molecular flexibility index (Phi) is 8.28. The van der Waals surface area contributed by atoms with Crippen LogP contribution in [0.25, 0.3) is 0 Å². The molecular formula is C16H25FO. The fourth-order valence-corrected chi connectivity index (χ4v) is 1.93. The molecule has 0 saturated carbocycles. The van der Waals surface area contributed by atoms with Gasteiger partial charge in [0.05, 0.1) is 0 Å². The summed E-state index contributed by atoms with van der Waals surface area (Å²) in [6, 6.07) is 9.44. The van der Waals surface area contributed by atoms with Crippen molar-refractivity contribution < 1.29 is 9.13 Å². The van der Waals surface area contributed by atoms with Gasteiger partial charge in [0.25, 0.3) is 0 Å². The van der Waals surface area contributed by atoms with Gasteiger partial charge in [-0.25, -0.2) is 4.39 Å². The minimum atomic E-state index is -0.837. The summed E-state index contributed by atoms with van der Waals surface area (Å²) < 4.78 is 18.9. The number of hydrogen-bond acceptors (Lipinski definition) is 1. The Morgan fingerprint density at radius 1 is 1.00 bits per heavy atom. The van der Waals surface area contributed by atoms with Gasteiger partial charge >= 0.3 is 0 Å². The van der Waals surface area contributed by atoms with Crippen LogP contribution in [0.1, 0.15) is 51.9 Å². The molecule has 0 N–H and O–H groups in total. The van der Waals surface area contributed by atoms with E-state index in [0.717, 1.165) is 18.6 Å². The van der Waals surface area contributed by atoms with Crippen LogP contribution in [0.15, 0.2) is 30.3 Å². The van der Waals surface area contributed by atoms with Crippen molar-refractivity contribution in [1.82, 2.24) is 0 Å². The first-order valence-electron chi connectivity index (χ1n) is 7.15. The molecule has 0 saturated heterocycles. The van der Waals surface area contributed by atoms with Crippen LogP contribution in [0.4, 0.5) is 4.39 Å². The Labute approximate surface area is 110 Å². The zero-order valence-corrected chi connectivity index (χ0v) is 11.4. The van der Waals surface area contributed by atoms with Gasteiger partial charge in [0.15, 0.2) is 0 Å². The Morgan fingerprint density at radius 2 is 1.67 bits per heavy atom. The third kappa shape index (κ3) is 7.31. The molecule has 0 amide bonds. The van der Waals surface area contributed by atoms with Crippen LogP contribution in [0.3, 0.4) is 0 Å². The highest BCUT2D eigenvalue weighted by Crippen LogP contribution is 2.13. The highest BCUT2D eigenvalue weighted by Gasteiger charge is 2.06. The molecule has 0 spiro atoms. The van der Waals surface area contributed by atoms with Gasteiger partial charge in [-0.3, -0.25) is 0 Å². The van der Waals surface area contributed by atoms with E-state index >= 15 is 0 Å². The maximum Gasteiger partial charge on any atom is 0.134 e. The lowest BCUT2D eigenvalue weighted by Crippen LogP contribution is -2.12. The quantitative estimate of drug-likeness (QED) is 0.523. The molecule has 0 heterocycles. The van der Waals surface area contributed by atoms with Crippen molar-refractivity contribution in [2.24, 2.45) is 0 Å². The van der Waals surface area contributed by atoms with Crippen molar-refractivity contribution in [3.8, 4) is 5.75 Å². The summed E-state index contributed by atoms with van der Waals surface area (Å²) in [6.45, 7) is 2.39. The third-order valence-electron chi connectivity index (χ3n) is 3.04. The summed E-state index contributed by atoms with van der Waals surface area (Å²) in [5.74, 6) is 0.753. The van der Waals surface area contributed by atoms with Crippen molar-refractivity contribution in [2.75, 3.05) is 6.61 Å². The standard InChI is InChI=1S/C16H25FO/c1-2-3-4-5-6-8-11-15(17)14-18-16-12-9-7-10-13-16/h7,9-10,12-13,15H,2-6,8,11,14H2,1H3. The largest absolute Gasteiger partial charge is 0.491 e. The molecule has 0 radical (unpaired) electrons. The highest BCUT2D eigenvalue weighted by atomic mass is 19.1. The maximum atomic E-state index is 13.5. The van der Waals surface area contributed by atoms with E-state index in [1.54, 1.807) is 0 Å². The van der Waals surface area contributed by atoms with E-state index in [0.29, 0.717) is 6.42 Å². The molecule has 0 aliphatic carbocycles. The normalized spacial score (nSPS) is 12.3. The summed E-state index contributed by atoms with van der Waals surface area (Å²) in [7, 11) is 0. The number of rotatable bonds is 10. The van der Waals surface area contributed by atoms with Crippen molar-refractivity contribution in [2.45, 2.75) is 58.0 Å². The number of benzene rings is 1. The van der Waals surface area contributed by atoms with E-state index in [2.05, 4.69) is 6.92 Å². The predicted molar refractivity (Wildman–Crippen MR) is 74.8 cm³/mol. The molecule has 1 nitrogen and oxygen atoms in total. The average Bonchev–Trinajstić information content (AvgIpc) is 2.41. The number of alkyl halides is 1. The average molecular weight is 252 g/mol. The van der Waals surface area contributed by atoms with Gasteiger partial charge in [-0.2, -0.15) is 0 Å². The van der Waals surface area contributed by atoms with Crippen molar-refractivity contribution in [3.05, 3.63) is 30.3 Å². The van der Waals surface area contributed by atoms with Crippen molar-refractivity contribution >= 4 is 0 Å². The summed E-state index contributed by atoms with van der Waals surface area (Å²) in [6.07, 6.45) is 6.99. The summed E-state index contributed by atoms with van der Waals surface area (Å²) >= 11 is 0. The minimum absolute atomic E-state index is 0.180. The van der Waals surface area contributed by atoms with Crippen LogP contribution in [0.2, 0.25) is 0 Å². The molecule has 0 fully saturated rings. The molecular weight excluding hydrogens is 227 g/mol. The molecule has 2 heteroatoms. The van der Waals surface area contributed by atoms with Crippen LogP contribution in [-0.4, -0.2) is 12.8 Å². The van der Waals surface area contributed by atoms with Crippen LogP contribution >= 0.6 is 0 Å². The second kappa shape index (κ2) is 9.93. The lowest BCUT2D eigenvalue weighted by molar-refractivity contribution is 0.184. The number of para-hydroxylation sites is 1. The molecule has 18 heavy (non-hydrogen) atoms. The van der Waals surface area contributed by atoms with Crippen LogP contribution in [-0.2, 0) is 0 Å². The number of ether oxygens (including phenoxy) is 1. The SMILES string of the molecule is CCCCCCCCC(F)COc1ccccc1. The van der Waals surface area contributed by atoms with Gasteiger partial charge in [-0.05, 0) is 18.6 Å². The second-order valence-corrected chi connectivity index (χ2v) is 4.78. The molecule has 1 unspecified atom stereocenters. The Hall–Kier alpha value is -1.05. The zero-order chi connectivity index (χ0) is 13.1. The summed E-state index contributed by atoms with van der Waals surface area (Å²) in [5, 5.41) is 0. The fourth-order valence-electron chi connectivity index (χ4n) is 1.93. The smallest absolute Gasteiger partial charge is 0.134 e. The highest BCUT2D eigenvalue weighted by molar-refractivity contribution is 5.20. The van der Waals surface area contributed by atoms with E-state index in [-0.39, 0.29) is 6.61 Å². The van der Waals surface area contributed by atoms with Gasteiger partial charge in [0, 0.05) is 0 Å². The van der Waals surface area contributed by atoms with Gasteiger partial charge < -0.3 is 4.74 Å². The summed E-state index contributed by atoms with van der Waals surface area (Å²) in [5.41, 5.74) is 0. The lowest BCUT2D eigenvalue weighted by atomic mass is 10.1. The number of halogens is 1. The van der Waals surface area contributed by atoms with Crippen LogP contribution in [0, 0.1) is 0 Å². The first kappa shape index (κ1) is 15.0. The van der Waals surface area contributed by atoms with Crippen molar-refractivity contribution in [1.29, 1.82) is 0 Å². The van der Waals surface area contributed by atoms with Crippen LogP contribution < -0.4 is 4.74 Å². The Morgan fingerprint density at radius 3 is 2.39 bits per heavy atom. The zero-order valence-electron chi connectivity index (χ0n) is 11.4. The van der Waals surface area contributed by atoms with E-state index in [9.17, 15) is 4.39 Å². The number of unbranched alkanes of at least 4 members (excludes halogenated alkanes) is 5. The molecule has 0 aromatic heterocycles. The van der Waals surface area contributed by atoms with Gasteiger partial charge in [-0.1, -0.05) is 63.6 Å². The van der Waals surface area contributed by atoms with E-state index < -0.39 is 6.17 Å². The van der Waals surface area contributed by atoms with Crippen molar-refractivity contribution in [3.63, 3.8) is 0 Å². The molecule has 1 atom stereocenters. The minimum Gasteiger partial charge on any atom is -0.491 e. The Bertz CT molecular complexity index is 286. The summed E-state index contributed by atoms with van der Waals surface area (Å²) in [4.78, 5) is 0. The fraction of sp³-hybridized carbons (Fsp3) is 0.625. The first-order chi connectivity index (χ1) is 8.83. The van der Waals surface area contributed by atoms with Crippen LogP contribution in [0.5, 0.6) is 5.75 Å². The van der Waals surface area contributed by atoms with Gasteiger partial charge in [-0.15, -0.1) is 0 Å². The second-order valence-electron chi connectivity index (χ2n) is 4.78. The van der Waals surface area contributed by atoms with E-state index in [1.165, 1.54) is 25.7 Å². The molecule has 1 aromatic rings. The molecule has 0 aliphatic heterocycles. The monoisotopic (exact) mass is 252 g/mol. The maximum absolute atomic E-state index is 13.5. The topological polar surface area (TPSA) is 9.23 Å². The van der Waals surface area contributed by atoms with Gasteiger partial charge in [0.2, 0.25) is 0 Å². The molecule has 102 valence electrons. The molecule has 1 rings (SSSR count). The first-order valence-corrected chi connectivity index (χ1v) is 7.15. The molecule has 0 aliphatic rings. The lowest BCUT2D eigenvalue weighted by Gasteiger charge is -2.10. The number of hydrogen-bond donors (Lipinski definition) is 0. The third-order valence-corrected chi connectivity index (χ3v) is 3.04. The molecule has 0 bridgehead atoms.